The number of benzene rings is 2. The minimum atomic E-state index is -3.81. The summed E-state index contributed by atoms with van der Waals surface area (Å²) in [7, 11) is -3.81. The molecule has 7 nitrogen and oxygen atoms in total. The highest BCUT2D eigenvalue weighted by Crippen LogP contribution is 2.52. The molecule has 4 atom stereocenters. The number of aliphatic hydroxyl groups is 1. The Bertz CT molecular complexity index is 1460. The van der Waals surface area contributed by atoms with E-state index >= 15 is 0 Å². The third kappa shape index (κ3) is 5.03. The van der Waals surface area contributed by atoms with Crippen LogP contribution >= 0.6 is 11.6 Å². The van der Waals surface area contributed by atoms with Gasteiger partial charge in [0, 0.05) is 29.1 Å². The normalized spacial score (nSPS) is 32.5. The van der Waals surface area contributed by atoms with E-state index in [2.05, 4.69) is 28.7 Å². The molecular formula is C31H37ClN2O5S. The lowest BCUT2D eigenvalue weighted by Gasteiger charge is -2.52. The van der Waals surface area contributed by atoms with Crippen molar-refractivity contribution in [3.63, 3.8) is 0 Å². The van der Waals surface area contributed by atoms with E-state index in [0.29, 0.717) is 31.9 Å². The van der Waals surface area contributed by atoms with E-state index in [1.165, 1.54) is 11.1 Å². The second-order valence-electron chi connectivity index (χ2n) is 12.3. The number of aryl methyl sites for hydroxylation is 1. The standard InChI is InChI=1S/C31H37ClN2O5S/c1-30-14-12-23(30)18-34-19-31(13-5-6-21-16-24(32)9-10-25(21)31)20-39-27-11-8-22(17-26(27)34)29(36)33-40(37,38)15-4-2-3-7-28(30)35/h2-3,8-11,16-17,23,28,35H,4-7,12-15,18-20H2,1H3,(H,33,36)/b3-2-/t23-,28+,30-,31-/m0/s1. The van der Waals surface area contributed by atoms with Gasteiger partial charge in [0.25, 0.3) is 5.91 Å². The first-order valence-corrected chi connectivity index (χ1v) is 16.3. The summed E-state index contributed by atoms with van der Waals surface area (Å²) in [6, 6.07) is 11.3. The smallest absolute Gasteiger partial charge is 0.264 e. The number of allylic oxidation sites excluding steroid dienone is 1. The fourth-order valence-electron chi connectivity index (χ4n) is 7.15. The lowest BCUT2D eigenvalue weighted by molar-refractivity contribution is -0.0695. The Kier molecular flexibility index (Phi) is 7.16. The van der Waals surface area contributed by atoms with Gasteiger partial charge in [-0.3, -0.25) is 4.79 Å². The summed E-state index contributed by atoms with van der Waals surface area (Å²) in [5.74, 6) is 0.109. The number of amides is 1. The Morgan fingerprint density at radius 3 is 2.80 bits per heavy atom. The Labute approximate surface area is 241 Å². The number of ether oxygens (including phenoxy) is 1. The maximum Gasteiger partial charge on any atom is 0.264 e. The number of hydrogen-bond acceptors (Lipinski definition) is 6. The van der Waals surface area contributed by atoms with E-state index in [-0.39, 0.29) is 34.5 Å². The zero-order valence-corrected chi connectivity index (χ0v) is 24.4. The first kappa shape index (κ1) is 27.6. The molecule has 0 radical (unpaired) electrons. The number of carbonyl (C=O) groups excluding carboxylic acids is 1. The summed E-state index contributed by atoms with van der Waals surface area (Å²) in [6.07, 6.45) is 8.80. The first-order chi connectivity index (χ1) is 19.1. The van der Waals surface area contributed by atoms with Crippen molar-refractivity contribution in [1.82, 2.24) is 4.72 Å². The van der Waals surface area contributed by atoms with Gasteiger partial charge in [-0.25, -0.2) is 13.1 Å². The molecule has 1 fully saturated rings. The van der Waals surface area contributed by atoms with Crippen molar-refractivity contribution >= 4 is 33.2 Å². The molecule has 2 aromatic rings. The minimum Gasteiger partial charge on any atom is -0.490 e. The minimum absolute atomic E-state index is 0.197. The van der Waals surface area contributed by atoms with Crippen molar-refractivity contribution in [1.29, 1.82) is 0 Å². The number of nitrogens with zero attached hydrogens (tertiary/aromatic N) is 1. The Hall–Kier alpha value is -2.55. The van der Waals surface area contributed by atoms with Gasteiger partial charge < -0.3 is 14.7 Å². The van der Waals surface area contributed by atoms with E-state index < -0.39 is 22.0 Å². The number of aliphatic hydroxyl groups excluding tert-OH is 1. The third-order valence-corrected chi connectivity index (χ3v) is 11.3. The van der Waals surface area contributed by atoms with Crippen LogP contribution in [0.3, 0.4) is 0 Å². The molecule has 2 N–H and O–H groups in total. The van der Waals surface area contributed by atoms with Crippen LogP contribution in [0.4, 0.5) is 5.69 Å². The van der Waals surface area contributed by atoms with Crippen molar-refractivity contribution in [3.8, 4) is 5.75 Å². The fraction of sp³-hybridized carbons (Fsp3) is 0.516. The van der Waals surface area contributed by atoms with Crippen LogP contribution in [0.1, 0.15) is 66.9 Å². The maximum atomic E-state index is 13.1. The zero-order valence-electron chi connectivity index (χ0n) is 22.9. The number of nitrogens with one attached hydrogen (secondary N) is 1. The quantitative estimate of drug-likeness (QED) is 0.423. The summed E-state index contributed by atoms with van der Waals surface area (Å²) in [5.41, 5.74) is 3.07. The number of halogens is 1. The predicted molar refractivity (Wildman–Crippen MR) is 157 cm³/mol. The largest absolute Gasteiger partial charge is 0.490 e. The van der Waals surface area contributed by atoms with Crippen LogP contribution in [0.25, 0.3) is 0 Å². The van der Waals surface area contributed by atoms with Gasteiger partial charge in [0.1, 0.15) is 5.75 Å². The lowest BCUT2D eigenvalue weighted by Crippen LogP contribution is -2.53. The average Bonchev–Trinajstić information content (AvgIpc) is 3.06. The fourth-order valence-corrected chi connectivity index (χ4v) is 8.29. The highest BCUT2D eigenvalue weighted by molar-refractivity contribution is 7.90. The molecule has 0 aromatic heterocycles. The number of sulfonamides is 1. The maximum absolute atomic E-state index is 13.1. The van der Waals surface area contributed by atoms with Gasteiger partial charge in [-0.05, 0) is 97.7 Å². The van der Waals surface area contributed by atoms with Gasteiger partial charge in [0.15, 0.2) is 0 Å². The molecule has 0 unspecified atom stereocenters. The Morgan fingerprint density at radius 1 is 1.15 bits per heavy atom. The van der Waals surface area contributed by atoms with Crippen LogP contribution in [0.2, 0.25) is 5.02 Å². The molecule has 2 aliphatic carbocycles. The van der Waals surface area contributed by atoms with Crippen molar-refractivity contribution < 1.29 is 23.1 Å². The van der Waals surface area contributed by atoms with Gasteiger partial charge in [-0.1, -0.05) is 36.7 Å². The molecule has 1 saturated carbocycles. The molecule has 2 aromatic carbocycles. The van der Waals surface area contributed by atoms with Gasteiger partial charge in [0.05, 0.1) is 24.2 Å². The molecule has 40 heavy (non-hydrogen) atoms. The molecule has 1 amide bonds. The summed E-state index contributed by atoms with van der Waals surface area (Å²) in [5, 5.41) is 12.0. The molecule has 2 heterocycles. The molecular weight excluding hydrogens is 548 g/mol. The average molecular weight is 585 g/mol. The molecule has 2 aliphatic heterocycles. The van der Waals surface area contributed by atoms with Crippen molar-refractivity contribution in [2.75, 3.05) is 30.3 Å². The molecule has 4 aliphatic rings. The van der Waals surface area contributed by atoms with Crippen LogP contribution < -0.4 is 14.4 Å². The summed E-state index contributed by atoms with van der Waals surface area (Å²) in [6.45, 7) is 4.07. The first-order valence-electron chi connectivity index (χ1n) is 14.3. The van der Waals surface area contributed by atoms with E-state index in [9.17, 15) is 18.3 Å². The topological polar surface area (TPSA) is 95.9 Å². The number of fused-ring (bicyclic) bond motifs is 4. The highest BCUT2D eigenvalue weighted by atomic mass is 35.5. The lowest BCUT2D eigenvalue weighted by atomic mass is 9.57. The molecule has 6 rings (SSSR count). The number of hydrogen-bond donors (Lipinski definition) is 2. The number of carbonyl (C=O) groups is 1. The van der Waals surface area contributed by atoms with Crippen LogP contribution in [0.15, 0.2) is 48.6 Å². The molecule has 9 heteroatoms. The second-order valence-corrected chi connectivity index (χ2v) is 14.6. The molecule has 2 bridgehead atoms. The van der Waals surface area contributed by atoms with Crippen LogP contribution in [0, 0.1) is 11.3 Å². The van der Waals surface area contributed by atoms with Crippen molar-refractivity contribution in [3.05, 3.63) is 70.3 Å². The Morgan fingerprint density at radius 2 is 2.00 bits per heavy atom. The predicted octanol–water partition coefficient (Wildman–Crippen LogP) is 5.00. The van der Waals surface area contributed by atoms with Gasteiger partial charge in [0.2, 0.25) is 10.0 Å². The summed E-state index contributed by atoms with van der Waals surface area (Å²) < 4.78 is 34.0. The van der Waals surface area contributed by atoms with E-state index in [0.717, 1.165) is 42.8 Å². The summed E-state index contributed by atoms with van der Waals surface area (Å²) in [4.78, 5) is 15.4. The molecule has 0 saturated heterocycles. The monoisotopic (exact) mass is 584 g/mol. The van der Waals surface area contributed by atoms with E-state index in [4.69, 9.17) is 16.3 Å². The van der Waals surface area contributed by atoms with Crippen LogP contribution in [-0.2, 0) is 21.9 Å². The number of rotatable bonds is 0. The molecule has 1 spiro atoms. The molecule has 214 valence electrons. The van der Waals surface area contributed by atoms with Crippen molar-refractivity contribution in [2.45, 2.75) is 63.4 Å². The zero-order chi connectivity index (χ0) is 28.1. The second kappa shape index (κ2) is 10.4. The Balaban J connectivity index is 1.43. The van der Waals surface area contributed by atoms with Gasteiger partial charge >= 0.3 is 0 Å². The highest BCUT2D eigenvalue weighted by Gasteiger charge is 2.49. The third-order valence-electron chi connectivity index (χ3n) is 9.79. The van der Waals surface area contributed by atoms with Gasteiger partial charge in [-0.15, -0.1) is 0 Å². The van der Waals surface area contributed by atoms with E-state index in [1.807, 2.05) is 12.1 Å². The van der Waals surface area contributed by atoms with Crippen molar-refractivity contribution in [2.24, 2.45) is 11.3 Å². The van der Waals surface area contributed by atoms with Crippen LogP contribution in [0.5, 0.6) is 5.75 Å². The number of anilines is 1. The van der Waals surface area contributed by atoms with Crippen LogP contribution in [-0.4, -0.2) is 51.0 Å². The van der Waals surface area contributed by atoms with E-state index in [1.54, 1.807) is 24.3 Å². The van der Waals surface area contributed by atoms with Gasteiger partial charge in [-0.2, -0.15) is 0 Å². The SMILES string of the molecule is C[C@]12CC[C@H]1CN1C[C@@]3(CCCc4cc(Cl)ccc43)COc3ccc(cc31)C(=O)NS(=O)(=O)CC/C=C\C[C@H]2O. The summed E-state index contributed by atoms with van der Waals surface area (Å²) >= 11 is 6.38.